The average Bonchev–Trinajstić information content (AvgIpc) is 2.90. The Morgan fingerprint density at radius 2 is 1.58 bits per heavy atom. The van der Waals surface area contributed by atoms with E-state index in [1.54, 1.807) is 12.1 Å². The minimum Gasteiger partial charge on any atom is -0.351 e. The third kappa shape index (κ3) is 3.78. The molecule has 0 atom stereocenters. The zero-order valence-electron chi connectivity index (χ0n) is 15.5. The highest BCUT2D eigenvalue weighted by molar-refractivity contribution is 6.30. The summed E-state index contributed by atoms with van der Waals surface area (Å²) in [5.74, 6) is 0.141. The fraction of sp³-hybridized carbons (Fsp3) is 0.400. The van der Waals surface area contributed by atoms with Crippen LogP contribution in [0.15, 0.2) is 30.3 Å². The Labute approximate surface area is 159 Å². The Hall–Kier alpha value is -2.27. The summed E-state index contributed by atoms with van der Waals surface area (Å²) in [4.78, 5) is 28.9. The van der Waals surface area contributed by atoms with Crippen LogP contribution in [0, 0.1) is 13.8 Å². The van der Waals surface area contributed by atoms with E-state index in [9.17, 15) is 9.59 Å². The number of carbonyl (C=O) groups is 2. The van der Waals surface area contributed by atoms with Crippen molar-refractivity contribution in [3.8, 4) is 0 Å². The third-order valence-corrected chi connectivity index (χ3v) is 5.45. The Morgan fingerprint density at radius 1 is 1.00 bits per heavy atom. The van der Waals surface area contributed by atoms with Crippen LogP contribution in [0.25, 0.3) is 0 Å². The number of nitrogens with zero attached hydrogens (tertiary/aromatic N) is 3. The second-order valence-electron chi connectivity index (χ2n) is 6.82. The van der Waals surface area contributed by atoms with E-state index in [4.69, 9.17) is 11.6 Å². The van der Waals surface area contributed by atoms with Crippen molar-refractivity contribution in [1.29, 1.82) is 0 Å². The van der Waals surface area contributed by atoms with Crippen molar-refractivity contribution in [2.45, 2.75) is 20.3 Å². The maximum Gasteiger partial charge on any atom is 0.255 e. The fourth-order valence-corrected chi connectivity index (χ4v) is 3.42. The van der Waals surface area contributed by atoms with Crippen LogP contribution in [0.2, 0.25) is 5.02 Å². The molecule has 5 nitrogen and oxygen atoms in total. The molecular weight excluding hydrogens is 350 g/mol. The lowest BCUT2D eigenvalue weighted by atomic mass is 10.1. The van der Waals surface area contributed by atoms with Gasteiger partial charge < -0.3 is 14.4 Å². The Morgan fingerprint density at radius 3 is 2.12 bits per heavy atom. The van der Waals surface area contributed by atoms with Gasteiger partial charge in [-0.1, -0.05) is 23.7 Å². The molecule has 1 fully saturated rings. The lowest BCUT2D eigenvalue weighted by Gasteiger charge is -2.35. The zero-order valence-corrected chi connectivity index (χ0v) is 16.2. The number of rotatable bonds is 3. The summed E-state index contributed by atoms with van der Waals surface area (Å²) in [6.45, 7) is 6.24. The predicted octanol–water partition coefficient (Wildman–Crippen LogP) is 2.82. The van der Waals surface area contributed by atoms with Gasteiger partial charge in [0.15, 0.2) is 0 Å². The van der Waals surface area contributed by atoms with Crippen molar-refractivity contribution < 1.29 is 9.59 Å². The number of aromatic nitrogens is 1. The van der Waals surface area contributed by atoms with Crippen LogP contribution in [0.1, 0.15) is 27.3 Å². The van der Waals surface area contributed by atoms with Gasteiger partial charge in [-0.05, 0) is 37.6 Å². The molecule has 26 heavy (non-hydrogen) atoms. The van der Waals surface area contributed by atoms with Crippen molar-refractivity contribution in [3.05, 3.63) is 57.9 Å². The SMILES string of the molecule is Cc1cc(C(=O)N2CCN(C(=O)Cc3ccc(Cl)cc3)CC2)c(C)n1C. The van der Waals surface area contributed by atoms with Crippen molar-refractivity contribution >= 4 is 23.4 Å². The maximum atomic E-state index is 12.8. The van der Waals surface area contributed by atoms with E-state index in [0.717, 1.165) is 22.5 Å². The van der Waals surface area contributed by atoms with E-state index in [1.165, 1.54) is 0 Å². The van der Waals surface area contributed by atoms with Crippen LogP contribution >= 0.6 is 11.6 Å². The largest absolute Gasteiger partial charge is 0.351 e. The van der Waals surface area contributed by atoms with Gasteiger partial charge in [0.05, 0.1) is 12.0 Å². The Balaban J connectivity index is 1.58. The fourth-order valence-electron chi connectivity index (χ4n) is 3.29. The number of aryl methyl sites for hydroxylation is 1. The monoisotopic (exact) mass is 373 g/mol. The van der Waals surface area contributed by atoms with E-state index in [2.05, 4.69) is 0 Å². The van der Waals surface area contributed by atoms with E-state index >= 15 is 0 Å². The van der Waals surface area contributed by atoms with E-state index in [0.29, 0.717) is 37.6 Å². The highest BCUT2D eigenvalue weighted by Crippen LogP contribution is 2.17. The molecule has 0 spiro atoms. The van der Waals surface area contributed by atoms with Crippen LogP contribution < -0.4 is 0 Å². The van der Waals surface area contributed by atoms with Crippen molar-refractivity contribution in [2.24, 2.45) is 7.05 Å². The van der Waals surface area contributed by atoms with E-state index in [1.807, 2.05) is 53.5 Å². The highest BCUT2D eigenvalue weighted by Gasteiger charge is 2.26. The molecule has 1 aliphatic heterocycles. The first-order valence-electron chi connectivity index (χ1n) is 8.81. The predicted molar refractivity (Wildman–Crippen MR) is 103 cm³/mol. The van der Waals surface area contributed by atoms with Crippen molar-refractivity contribution in [1.82, 2.24) is 14.4 Å². The van der Waals surface area contributed by atoms with Crippen molar-refractivity contribution in [3.63, 3.8) is 0 Å². The molecule has 0 N–H and O–H groups in total. The molecule has 2 heterocycles. The summed E-state index contributed by atoms with van der Waals surface area (Å²) in [6.07, 6.45) is 0.363. The second kappa shape index (κ2) is 7.54. The maximum absolute atomic E-state index is 12.8. The van der Waals surface area contributed by atoms with Crippen LogP contribution in [0.5, 0.6) is 0 Å². The number of benzene rings is 1. The van der Waals surface area contributed by atoms with Crippen LogP contribution in [-0.2, 0) is 18.3 Å². The summed E-state index contributed by atoms with van der Waals surface area (Å²) < 4.78 is 2.03. The molecule has 138 valence electrons. The molecule has 1 aromatic carbocycles. The van der Waals surface area contributed by atoms with Gasteiger partial charge in [-0.25, -0.2) is 0 Å². The van der Waals surface area contributed by atoms with Gasteiger partial charge in [-0.15, -0.1) is 0 Å². The first-order valence-corrected chi connectivity index (χ1v) is 9.19. The van der Waals surface area contributed by atoms with Crippen molar-refractivity contribution in [2.75, 3.05) is 26.2 Å². The molecule has 2 amide bonds. The third-order valence-electron chi connectivity index (χ3n) is 5.19. The molecular formula is C20H24ClN3O2. The standard InChI is InChI=1S/C20H24ClN3O2/c1-14-12-18(15(2)22(14)3)20(26)24-10-8-23(9-11-24)19(25)13-16-4-6-17(21)7-5-16/h4-7,12H,8-11,13H2,1-3H3. The summed E-state index contributed by atoms with van der Waals surface area (Å²) in [5, 5.41) is 0.666. The molecule has 0 radical (unpaired) electrons. The lowest BCUT2D eigenvalue weighted by molar-refractivity contribution is -0.131. The highest BCUT2D eigenvalue weighted by atomic mass is 35.5. The van der Waals surface area contributed by atoms with Gasteiger partial charge in [0.25, 0.3) is 5.91 Å². The Bertz CT molecular complexity index is 818. The van der Waals surface area contributed by atoms with E-state index < -0.39 is 0 Å². The number of amides is 2. The van der Waals surface area contributed by atoms with Crippen LogP contribution in [-0.4, -0.2) is 52.4 Å². The van der Waals surface area contributed by atoms with Gasteiger partial charge in [-0.2, -0.15) is 0 Å². The Kier molecular flexibility index (Phi) is 5.37. The number of hydrogen-bond donors (Lipinski definition) is 0. The molecule has 0 aliphatic carbocycles. The van der Waals surface area contributed by atoms with Crippen LogP contribution in [0.4, 0.5) is 0 Å². The quantitative estimate of drug-likeness (QED) is 0.830. The first-order chi connectivity index (χ1) is 12.4. The topological polar surface area (TPSA) is 45.6 Å². The van der Waals surface area contributed by atoms with Crippen LogP contribution in [0.3, 0.4) is 0 Å². The van der Waals surface area contributed by atoms with Gasteiger partial charge in [0, 0.05) is 49.6 Å². The normalized spacial score (nSPS) is 14.6. The summed E-state index contributed by atoms with van der Waals surface area (Å²) in [7, 11) is 1.97. The molecule has 6 heteroatoms. The number of carbonyl (C=O) groups excluding carboxylic acids is 2. The smallest absolute Gasteiger partial charge is 0.255 e. The van der Waals surface area contributed by atoms with E-state index in [-0.39, 0.29) is 11.8 Å². The molecule has 1 saturated heterocycles. The average molecular weight is 374 g/mol. The summed E-state index contributed by atoms with van der Waals surface area (Å²) in [5.41, 5.74) is 3.76. The number of piperazine rings is 1. The second-order valence-corrected chi connectivity index (χ2v) is 7.26. The minimum absolute atomic E-state index is 0.0519. The summed E-state index contributed by atoms with van der Waals surface area (Å²) >= 11 is 5.88. The lowest BCUT2D eigenvalue weighted by Crippen LogP contribution is -2.51. The molecule has 1 aliphatic rings. The van der Waals surface area contributed by atoms with Gasteiger partial charge in [0.1, 0.15) is 0 Å². The molecule has 0 bridgehead atoms. The first kappa shape index (κ1) is 18.5. The molecule has 3 rings (SSSR count). The number of hydrogen-bond acceptors (Lipinski definition) is 2. The molecule has 0 saturated carbocycles. The minimum atomic E-state index is 0.0519. The van der Waals surface area contributed by atoms with Gasteiger partial charge in [-0.3, -0.25) is 9.59 Å². The number of halogens is 1. The van der Waals surface area contributed by atoms with Gasteiger partial charge >= 0.3 is 0 Å². The molecule has 0 unspecified atom stereocenters. The van der Waals surface area contributed by atoms with Gasteiger partial charge in [0.2, 0.25) is 5.91 Å². The summed E-state index contributed by atoms with van der Waals surface area (Å²) in [6, 6.07) is 9.28. The molecule has 2 aromatic rings. The molecule has 1 aromatic heterocycles. The zero-order chi connectivity index (χ0) is 18.8.